The molecular weight excluding hydrogens is 849 g/mol. The van der Waals surface area contributed by atoms with Crippen LogP contribution in [0.5, 0.6) is 0 Å². The van der Waals surface area contributed by atoms with Gasteiger partial charge in [-0.05, 0) is 178 Å². The van der Waals surface area contributed by atoms with Gasteiger partial charge in [-0.2, -0.15) is 0 Å². The van der Waals surface area contributed by atoms with Gasteiger partial charge < -0.3 is 14.2 Å². The summed E-state index contributed by atoms with van der Waals surface area (Å²) >= 11 is 0. The highest BCUT2D eigenvalue weighted by atomic mass is 16.3. The lowest BCUT2D eigenvalue weighted by Gasteiger charge is -2.27. The Kier molecular flexibility index (Phi) is 10.7. The van der Waals surface area contributed by atoms with Crippen LogP contribution in [0.25, 0.3) is 66.4 Å². The van der Waals surface area contributed by atoms with Crippen LogP contribution in [0.4, 0.5) is 34.1 Å². The van der Waals surface area contributed by atoms with Gasteiger partial charge in [0.15, 0.2) is 0 Å². The monoisotopic (exact) mass is 900 g/mol. The van der Waals surface area contributed by atoms with Crippen molar-refractivity contribution < 1.29 is 4.42 Å². The van der Waals surface area contributed by atoms with Gasteiger partial charge in [0.05, 0.1) is 0 Å². The zero-order valence-corrected chi connectivity index (χ0v) is 39.0. The Morgan fingerprint density at radius 1 is 0.314 bits per heavy atom. The minimum absolute atomic E-state index is 0.712. The molecule has 3 atom stereocenters. The standard InChI is InChI=1S/C67H52N2O/c1-5-15-47(16-6-1)62-45-65(51-31-37-57(38-32-51)69(54-21-11-4-12-22-54)58-39-40-60-59-23-13-14-24-66(59)70-67(60)43-58)63(48-17-7-2-8-18-48)44-64(62)50-29-35-56(36-30-50)68(53-19-9-3-10-20-53)55-33-27-49(28-34-55)61-42-46-25-26-52(61)41-46/h1-24,27-40,43-46,52,61H,25-26,41-42H2. The number of nitrogens with zero attached hydrogens (tertiary/aromatic N) is 2. The molecule has 0 N–H and O–H groups in total. The topological polar surface area (TPSA) is 19.6 Å². The van der Waals surface area contributed by atoms with E-state index in [0.29, 0.717) is 5.92 Å². The number of hydrogen-bond acceptors (Lipinski definition) is 3. The van der Waals surface area contributed by atoms with Crippen LogP contribution in [0.1, 0.15) is 37.2 Å². The molecule has 3 heteroatoms. The molecule has 0 spiro atoms. The normalized spacial score (nSPS) is 16.2. The first-order valence-corrected chi connectivity index (χ1v) is 24.9. The Hall–Kier alpha value is -8.40. The number of fused-ring (bicyclic) bond motifs is 5. The average Bonchev–Trinajstić information content (AvgIpc) is 4.18. The second-order valence-corrected chi connectivity index (χ2v) is 19.3. The smallest absolute Gasteiger partial charge is 0.137 e. The van der Waals surface area contributed by atoms with Crippen LogP contribution in [-0.2, 0) is 0 Å². The molecule has 3 unspecified atom stereocenters. The molecule has 0 aliphatic heterocycles. The van der Waals surface area contributed by atoms with Crippen molar-refractivity contribution in [1.29, 1.82) is 0 Å². The summed E-state index contributed by atoms with van der Waals surface area (Å²) in [5, 5.41) is 2.24. The highest BCUT2D eigenvalue weighted by Gasteiger charge is 2.40. The third-order valence-electron chi connectivity index (χ3n) is 15.2. The number of furan rings is 1. The second-order valence-electron chi connectivity index (χ2n) is 19.3. The lowest BCUT2D eigenvalue weighted by molar-refractivity contribution is 0.420. The molecule has 2 aliphatic carbocycles. The predicted molar refractivity (Wildman–Crippen MR) is 293 cm³/mol. The number of anilines is 6. The van der Waals surface area contributed by atoms with Gasteiger partial charge >= 0.3 is 0 Å². The van der Waals surface area contributed by atoms with E-state index in [1.165, 1.54) is 75.9 Å². The maximum atomic E-state index is 6.39. The number of benzene rings is 10. The van der Waals surface area contributed by atoms with Gasteiger partial charge in [0, 0.05) is 51.0 Å². The predicted octanol–water partition coefficient (Wildman–Crippen LogP) is 19.1. The quantitative estimate of drug-likeness (QED) is 0.129. The van der Waals surface area contributed by atoms with Crippen LogP contribution in [0.3, 0.4) is 0 Å². The van der Waals surface area contributed by atoms with Gasteiger partial charge in [-0.25, -0.2) is 0 Å². The molecule has 2 bridgehead atoms. The Balaban J connectivity index is 0.895. The summed E-state index contributed by atoms with van der Waals surface area (Å²) < 4.78 is 6.39. The molecule has 0 amide bonds. The molecule has 1 heterocycles. The van der Waals surface area contributed by atoms with Crippen molar-refractivity contribution >= 4 is 56.1 Å². The van der Waals surface area contributed by atoms with E-state index in [1.54, 1.807) is 0 Å². The lowest BCUT2D eigenvalue weighted by atomic mass is 9.83. The van der Waals surface area contributed by atoms with Crippen LogP contribution in [0.2, 0.25) is 0 Å². The fraction of sp³-hybridized carbons (Fsp3) is 0.104. The van der Waals surface area contributed by atoms with Crippen molar-refractivity contribution in [1.82, 2.24) is 0 Å². The van der Waals surface area contributed by atoms with E-state index in [0.717, 1.165) is 67.8 Å². The molecule has 0 radical (unpaired) electrons. The average molecular weight is 901 g/mol. The van der Waals surface area contributed by atoms with Crippen molar-refractivity contribution in [2.45, 2.75) is 31.6 Å². The van der Waals surface area contributed by atoms with Crippen molar-refractivity contribution in [3.63, 3.8) is 0 Å². The maximum Gasteiger partial charge on any atom is 0.137 e. The molecule has 2 fully saturated rings. The summed E-state index contributed by atoms with van der Waals surface area (Å²) in [4.78, 5) is 4.70. The third kappa shape index (κ3) is 7.74. The van der Waals surface area contributed by atoms with Crippen LogP contribution in [0, 0.1) is 11.8 Å². The second kappa shape index (κ2) is 17.9. The first-order chi connectivity index (χ1) is 34.7. The van der Waals surface area contributed by atoms with E-state index in [4.69, 9.17) is 4.42 Å². The summed E-state index contributed by atoms with van der Waals surface area (Å²) in [6.07, 6.45) is 5.59. The van der Waals surface area contributed by atoms with Gasteiger partial charge in [-0.15, -0.1) is 0 Å². The van der Waals surface area contributed by atoms with Crippen molar-refractivity contribution in [3.8, 4) is 44.5 Å². The summed E-state index contributed by atoms with van der Waals surface area (Å²) in [6.45, 7) is 0. The molecule has 11 aromatic rings. The highest BCUT2D eigenvalue weighted by molar-refractivity contribution is 6.06. The van der Waals surface area contributed by atoms with Crippen molar-refractivity contribution in [2.24, 2.45) is 11.8 Å². The summed E-state index contributed by atoms with van der Waals surface area (Å²) in [5.41, 5.74) is 19.3. The van der Waals surface area contributed by atoms with E-state index in [9.17, 15) is 0 Å². The Morgan fingerprint density at radius 3 is 1.23 bits per heavy atom. The maximum absolute atomic E-state index is 6.39. The Labute approximate surface area is 410 Å². The van der Waals surface area contributed by atoms with E-state index in [2.05, 4.69) is 246 Å². The van der Waals surface area contributed by atoms with Gasteiger partial charge in [-0.3, -0.25) is 0 Å². The van der Waals surface area contributed by atoms with Gasteiger partial charge in [0.25, 0.3) is 0 Å². The third-order valence-corrected chi connectivity index (χ3v) is 15.2. The summed E-state index contributed by atoms with van der Waals surface area (Å²) in [5.74, 6) is 2.50. The molecular formula is C67H52N2O. The molecule has 0 saturated heterocycles. The molecule has 3 nitrogen and oxygen atoms in total. The molecule has 10 aromatic carbocycles. The van der Waals surface area contributed by atoms with E-state index in [1.807, 2.05) is 12.1 Å². The lowest BCUT2D eigenvalue weighted by Crippen LogP contribution is -2.11. The number of hydrogen-bond donors (Lipinski definition) is 0. The molecule has 13 rings (SSSR count). The minimum atomic E-state index is 0.712. The van der Waals surface area contributed by atoms with Crippen LogP contribution in [0.15, 0.2) is 253 Å². The Bertz CT molecular complexity index is 3590. The van der Waals surface area contributed by atoms with E-state index >= 15 is 0 Å². The van der Waals surface area contributed by atoms with Gasteiger partial charge in [-0.1, -0.05) is 158 Å². The molecule has 70 heavy (non-hydrogen) atoms. The van der Waals surface area contributed by atoms with Gasteiger partial charge in [0.2, 0.25) is 0 Å². The van der Waals surface area contributed by atoms with Crippen LogP contribution in [-0.4, -0.2) is 0 Å². The molecule has 2 aliphatic rings. The van der Waals surface area contributed by atoms with Crippen LogP contribution >= 0.6 is 0 Å². The summed E-state index contributed by atoms with van der Waals surface area (Å²) in [7, 11) is 0. The zero-order chi connectivity index (χ0) is 46.4. The SMILES string of the molecule is c1ccc(-c2cc(-c3ccc(N(c4ccccc4)c4ccc5c(c4)oc4ccccc45)cc3)c(-c3ccccc3)cc2-c2ccc(N(c3ccccc3)c3ccc(C4CC5CCC4C5)cc3)cc2)cc1. The van der Waals surface area contributed by atoms with Crippen molar-refractivity contribution in [3.05, 3.63) is 254 Å². The fourth-order valence-electron chi connectivity index (χ4n) is 11.8. The highest BCUT2D eigenvalue weighted by Crippen LogP contribution is 2.53. The zero-order valence-electron chi connectivity index (χ0n) is 39.0. The molecule has 2 saturated carbocycles. The largest absolute Gasteiger partial charge is 0.456 e. The van der Waals surface area contributed by atoms with Gasteiger partial charge in [0.1, 0.15) is 11.2 Å². The van der Waals surface area contributed by atoms with E-state index in [-0.39, 0.29) is 0 Å². The first kappa shape index (κ1) is 41.8. The van der Waals surface area contributed by atoms with Crippen LogP contribution < -0.4 is 9.80 Å². The first-order valence-electron chi connectivity index (χ1n) is 24.9. The van der Waals surface area contributed by atoms with E-state index < -0.39 is 0 Å². The summed E-state index contributed by atoms with van der Waals surface area (Å²) in [6, 6.07) is 90.4. The number of para-hydroxylation sites is 3. The van der Waals surface area contributed by atoms with Crippen molar-refractivity contribution in [2.75, 3.05) is 9.80 Å². The molecule has 336 valence electrons. The fourth-order valence-corrected chi connectivity index (χ4v) is 11.8. The minimum Gasteiger partial charge on any atom is -0.456 e. The molecule has 1 aromatic heterocycles. The Morgan fingerprint density at radius 2 is 0.729 bits per heavy atom. The number of rotatable bonds is 11.